The summed E-state index contributed by atoms with van der Waals surface area (Å²) in [5, 5.41) is 2.05. The molecule has 1 aromatic carbocycles. The number of piperazine rings is 1. The minimum absolute atomic E-state index is 0.237. The van der Waals surface area contributed by atoms with E-state index in [1.54, 1.807) is 11.3 Å². The van der Waals surface area contributed by atoms with E-state index >= 15 is 0 Å². The molecular formula is C18H19N3O2S. The summed E-state index contributed by atoms with van der Waals surface area (Å²) in [5.74, 6) is 0.237. The first-order valence-corrected chi connectivity index (χ1v) is 9.08. The number of aryl methyl sites for hydroxylation is 1. The van der Waals surface area contributed by atoms with Crippen LogP contribution in [0.1, 0.15) is 11.3 Å². The van der Waals surface area contributed by atoms with Crippen LogP contribution in [0.5, 0.6) is 0 Å². The van der Waals surface area contributed by atoms with E-state index in [1.165, 1.54) is 4.88 Å². The first-order valence-electron chi connectivity index (χ1n) is 8.20. The van der Waals surface area contributed by atoms with Gasteiger partial charge in [0.15, 0.2) is 5.58 Å². The molecule has 1 aliphatic heterocycles. The predicted octanol–water partition coefficient (Wildman–Crippen LogP) is 3.17. The van der Waals surface area contributed by atoms with E-state index < -0.39 is 0 Å². The first kappa shape index (κ1) is 15.2. The molecule has 124 valence electrons. The van der Waals surface area contributed by atoms with Gasteiger partial charge in [-0.2, -0.15) is 4.98 Å². The Morgan fingerprint density at radius 3 is 2.71 bits per heavy atom. The number of nitrogens with zero attached hydrogens (tertiary/aromatic N) is 3. The fourth-order valence-electron chi connectivity index (χ4n) is 2.99. The predicted molar refractivity (Wildman–Crippen MR) is 95.4 cm³/mol. The summed E-state index contributed by atoms with van der Waals surface area (Å²) in [5.41, 5.74) is 1.68. The smallest absolute Gasteiger partial charge is 0.298 e. The monoisotopic (exact) mass is 341 g/mol. The quantitative estimate of drug-likeness (QED) is 0.731. The van der Waals surface area contributed by atoms with Gasteiger partial charge in [0, 0.05) is 37.5 Å². The van der Waals surface area contributed by atoms with E-state index in [-0.39, 0.29) is 5.91 Å². The topological polar surface area (TPSA) is 49.6 Å². The SMILES string of the molecule is O=C(CCc1cccs1)N1CCN(c2nc3ccccc3o2)CC1. The second kappa shape index (κ2) is 6.65. The number of rotatable bonds is 4. The second-order valence-corrected chi connectivity index (χ2v) is 6.94. The van der Waals surface area contributed by atoms with Crippen molar-refractivity contribution in [1.29, 1.82) is 0 Å². The molecule has 1 amide bonds. The van der Waals surface area contributed by atoms with Crippen LogP contribution in [0.15, 0.2) is 46.2 Å². The summed E-state index contributed by atoms with van der Waals surface area (Å²) in [6.07, 6.45) is 1.42. The molecular weight excluding hydrogens is 322 g/mol. The minimum atomic E-state index is 0.237. The summed E-state index contributed by atoms with van der Waals surface area (Å²) in [4.78, 5) is 22.2. The Balaban J connectivity index is 1.33. The van der Waals surface area contributed by atoms with Gasteiger partial charge < -0.3 is 14.2 Å². The number of para-hydroxylation sites is 2. The normalized spacial score (nSPS) is 15.2. The molecule has 5 nitrogen and oxygen atoms in total. The fraction of sp³-hybridized carbons (Fsp3) is 0.333. The number of benzene rings is 1. The van der Waals surface area contributed by atoms with Crippen LogP contribution in [0.2, 0.25) is 0 Å². The van der Waals surface area contributed by atoms with Crippen molar-refractivity contribution in [2.45, 2.75) is 12.8 Å². The maximum atomic E-state index is 12.4. The largest absolute Gasteiger partial charge is 0.423 e. The number of fused-ring (bicyclic) bond motifs is 1. The van der Waals surface area contributed by atoms with E-state index in [9.17, 15) is 4.79 Å². The number of thiophene rings is 1. The number of carbonyl (C=O) groups is 1. The Bertz CT molecular complexity index is 787. The third-order valence-electron chi connectivity index (χ3n) is 4.35. The maximum absolute atomic E-state index is 12.4. The third-order valence-corrected chi connectivity index (χ3v) is 5.29. The van der Waals surface area contributed by atoms with Crippen molar-refractivity contribution in [1.82, 2.24) is 9.88 Å². The molecule has 24 heavy (non-hydrogen) atoms. The minimum Gasteiger partial charge on any atom is -0.423 e. The molecule has 0 bridgehead atoms. The van der Waals surface area contributed by atoms with Gasteiger partial charge in [-0.25, -0.2) is 0 Å². The number of hydrogen-bond acceptors (Lipinski definition) is 5. The van der Waals surface area contributed by atoms with Crippen LogP contribution in [0.25, 0.3) is 11.1 Å². The van der Waals surface area contributed by atoms with Gasteiger partial charge in [0.05, 0.1) is 0 Å². The van der Waals surface area contributed by atoms with Gasteiger partial charge >= 0.3 is 0 Å². The fourth-order valence-corrected chi connectivity index (χ4v) is 3.69. The highest BCUT2D eigenvalue weighted by Gasteiger charge is 2.23. The number of carbonyl (C=O) groups excluding carboxylic acids is 1. The molecule has 1 saturated heterocycles. The van der Waals surface area contributed by atoms with Crippen LogP contribution in [0.4, 0.5) is 6.01 Å². The Morgan fingerprint density at radius 2 is 1.96 bits per heavy atom. The lowest BCUT2D eigenvalue weighted by Crippen LogP contribution is -2.49. The van der Waals surface area contributed by atoms with Gasteiger partial charge in [-0.05, 0) is 30.0 Å². The van der Waals surface area contributed by atoms with Crippen LogP contribution >= 0.6 is 11.3 Å². The molecule has 0 spiro atoms. The highest BCUT2D eigenvalue weighted by atomic mass is 32.1. The number of anilines is 1. The van der Waals surface area contributed by atoms with Gasteiger partial charge in [-0.1, -0.05) is 18.2 Å². The van der Waals surface area contributed by atoms with Crippen molar-refractivity contribution in [2.24, 2.45) is 0 Å². The van der Waals surface area contributed by atoms with E-state index in [1.807, 2.05) is 35.2 Å². The van der Waals surface area contributed by atoms with Crippen LogP contribution in [0, 0.1) is 0 Å². The lowest BCUT2D eigenvalue weighted by molar-refractivity contribution is -0.131. The lowest BCUT2D eigenvalue weighted by Gasteiger charge is -2.33. The number of hydrogen-bond donors (Lipinski definition) is 0. The Hall–Kier alpha value is -2.34. The van der Waals surface area contributed by atoms with E-state index in [2.05, 4.69) is 21.3 Å². The van der Waals surface area contributed by atoms with Gasteiger partial charge in [-0.3, -0.25) is 4.79 Å². The summed E-state index contributed by atoms with van der Waals surface area (Å²) in [6, 6.07) is 12.6. The zero-order chi connectivity index (χ0) is 16.4. The molecule has 1 fully saturated rings. The molecule has 3 heterocycles. The highest BCUT2D eigenvalue weighted by Crippen LogP contribution is 2.22. The summed E-state index contributed by atoms with van der Waals surface area (Å²) in [7, 11) is 0. The average molecular weight is 341 g/mol. The molecule has 0 atom stereocenters. The molecule has 0 radical (unpaired) electrons. The van der Waals surface area contributed by atoms with Crippen LogP contribution < -0.4 is 4.90 Å². The number of amides is 1. The van der Waals surface area contributed by atoms with E-state index in [0.29, 0.717) is 12.4 Å². The van der Waals surface area contributed by atoms with Crippen LogP contribution in [-0.2, 0) is 11.2 Å². The molecule has 1 aliphatic rings. The van der Waals surface area contributed by atoms with Crippen molar-refractivity contribution in [3.8, 4) is 0 Å². The van der Waals surface area contributed by atoms with Crippen molar-refractivity contribution in [3.63, 3.8) is 0 Å². The summed E-state index contributed by atoms with van der Waals surface area (Å²) < 4.78 is 5.81. The number of aromatic nitrogens is 1. The Labute approximate surface area is 144 Å². The molecule has 2 aromatic heterocycles. The van der Waals surface area contributed by atoms with Gasteiger partial charge in [0.2, 0.25) is 5.91 Å². The average Bonchev–Trinajstić information content (AvgIpc) is 3.29. The van der Waals surface area contributed by atoms with Crippen molar-refractivity contribution in [3.05, 3.63) is 46.7 Å². The Kier molecular flexibility index (Phi) is 4.21. The lowest BCUT2D eigenvalue weighted by atomic mass is 10.2. The van der Waals surface area contributed by atoms with Gasteiger partial charge in [0.1, 0.15) is 5.52 Å². The standard InChI is InChI=1S/C18H19N3O2S/c22-17(8-7-14-4-3-13-24-14)20-9-11-21(12-10-20)18-19-15-5-1-2-6-16(15)23-18/h1-6,13H,7-12H2. The molecule has 0 aliphatic carbocycles. The zero-order valence-electron chi connectivity index (χ0n) is 13.4. The number of oxazole rings is 1. The molecule has 4 rings (SSSR count). The molecule has 6 heteroatoms. The van der Waals surface area contributed by atoms with Crippen molar-refractivity contribution in [2.75, 3.05) is 31.1 Å². The van der Waals surface area contributed by atoms with E-state index in [0.717, 1.165) is 43.7 Å². The van der Waals surface area contributed by atoms with Crippen molar-refractivity contribution >= 4 is 34.4 Å². The molecule has 0 N–H and O–H groups in total. The van der Waals surface area contributed by atoms with Gasteiger partial charge in [0.25, 0.3) is 6.01 Å². The Morgan fingerprint density at radius 1 is 1.12 bits per heavy atom. The molecule has 3 aromatic rings. The van der Waals surface area contributed by atoms with Crippen LogP contribution in [-0.4, -0.2) is 42.0 Å². The van der Waals surface area contributed by atoms with E-state index in [4.69, 9.17) is 4.42 Å². The highest BCUT2D eigenvalue weighted by molar-refractivity contribution is 7.09. The maximum Gasteiger partial charge on any atom is 0.298 e. The zero-order valence-corrected chi connectivity index (χ0v) is 14.2. The molecule has 0 unspecified atom stereocenters. The third kappa shape index (κ3) is 3.14. The summed E-state index contributed by atoms with van der Waals surface area (Å²) in [6.45, 7) is 2.97. The van der Waals surface area contributed by atoms with Crippen LogP contribution in [0.3, 0.4) is 0 Å². The van der Waals surface area contributed by atoms with Crippen molar-refractivity contribution < 1.29 is 9.21 Å². The second-order valence-electron chi connectivity index (χ2n) is 5.91. The molecule has 0 saturated carbocycles. The summed E-state index contributed by atoms with van der Waals surface area (Å²) >= 11 is 1.71. The first-order chi connectivity index (χ1) is 11.8. The van der Waals surface area contributed by atoms with Gasteiger partial charge in [-0.15, -0.1) is 11.3 Å².